The van der Waals surface area contributed by atoms with Crippen LogP contribution in [0.2, 0.25) is 0 Å². The van der Waals surface area contributed by atoms with Crippen molar-refractivity contribution in [3.05, 3.63) is 39.1 Å². The molecule has 0 aliphatic rings. The van der Waals surface area contributed by atoms with Crippen molar-refractivity contribution in [1.82, 2.24) is 14.7 Å². The van der Waals surface area contributed by atoms with Gasteiger partial charge >= 0.3 is 4.87 Å². The fourth-order valence-electron chi connectivity index (χ4n) is 1.64. The highest BCUT2D eigenvalue weighted by atomic mass is 32.2. The molecule has 0 saturated carbocycles. The summed E-state index contributed by atoms with van der Waals surface area (Å²) < 4.78 is 27.0. The molecule has 0 saturated heterocycles. The van der Waals surface area contributed by atoms with Crippen molar-refractivity contribution >= 4 is 27.0 Å². The number of aromatic nitrogens is 2. The van der Waals surface area contributed by atoms with E-state index in [0.717, 1.165) is 17.8 Å². The number of anilines is 1. The minimum absolute atomic E-state index is 0.0187. The van der Waals surface area contributed by atoms with Crippen LogP contribution in [0.5, 0.6) is 0 Å². The van der Waals surface area contributed by atoms with Gasteiger partial charge in [0.2, 0.25) is 0 Å². The predicted molar refractivity (Wildman–Crippen MR) is 82.0 cm³/mol. The lowest BCUT2D eigenvalue weighted by molar-refractivity contribution is 0.577. The summed E-state index contributed by atoms with van der Waals surface area (Å²) in [5.74, 6) is 0. The van der Waals surface area contributed by atoms with Crippen LogP contribution in [-0.2, 0) is 16.6 Å². The molecule has 0 fully saturated rings. The molecule has 0 atom stereocenters. The predicted octanol–water partition coefficient (Wildman–Crippen LogP) is 1.13. The molecule has 0 radical (unpaired) electrons. The first-order chi connectivity index (χ1) is 10.0. The molecule has 9 heteroatoms. The van der Waals surface area contributed by atoms with Crippen molar-refractivity contribution < 1.29 is 8.42 Å². The molecule has 2 heterocycles. The van der Waals surface area contributed by atoms with Crippen molar-refractivity contribution in [3.63, 3.8) is 0 Å². The molecule has 0 amide bonds. The largest absolute Gasteiger partial charge is 0.383 e. The van der Waals surface area contributed by atoms with Gasteiger partial charge in [-0.15, -0.1) is 0 Å². The number of thiazole rings is 1. The second-order valence-electron chi connectivity index (χ2n) is 4.28. The number of hydrogen-bond donors (Lipinski definition) is 3. The third kappa shape index (κ3) is 4.13. The number of rotatable bonds is 7. The summed E-state index contributed by atoms with van der Waals surface area (Å²) in [5, 5.41) is 4.57. The molecule has 7 nitrogen and oxygen atoms in total. The topological polar surface area (TPSA) is 104 Å². The number of hydrogen-bond acceptors (Lipinski definition) is 6. The van der Waals surface area contributed by atoms with E-state index in [1.165, 1.54) is 6.20 Å². The van der Waals surface area contributed by atoms with Crippen LogP contribution < -0.4 is 14.9 Å². The highest BCUT2D eigenvalue weighted by molar-refractivity contribution is 7.89. The van der Waals surface area contributed by atoms with Crippen LogP contribution in [0.15, 0.2) is 33.5 Å². The van der Waals surface area contributed by atoms with E-state index in [2.05, 4.69) is 20.0 Å². The second kappa shape index (κ2) is 6.83. The Labute approximate surface area is 126 Å². The van der Waals surface area contributed by atoms with Gasteiger partial charge in [-0.1, -0.05) is 18.3 Å². The molecule has 2 aromatic rings. The Morgan fingerprint density at radius 1 is 1.43 bits per heavy atom. The Morgan fingerprint density at radius 3 is 2.90 bits per heavy atom. The summed E-state index contributed by atoms with van der Waals surface area (Å²) in [4.78, 5) is 17.3. The fourth-order valence-corrected chi connectivity index (χ4v) is 3.33. The van der Waals surface area contributed by atoms with E-state index in [1.54, 1.807) is 17.5 Å². The van der Waals surface area contributed by atoms with Crippen molar-refractivity contribution in [2.45, 2.75) is 24.9 Å². The van der Waals surface area contributed by atoms with E-state index in [1.807, 2.05) is 6.92 Å². The fraction of sp³-hybridized carbons (Fsp3) is 0.333. The molecule has 2 rings (SSSR count). The lowest BCUT2D eigenvalue weighted by Gasteiger charge is -2.11. The van der Waals surface area contributed by atoms with Gasteiger partial charge in [0.15, 0.2) is 5.03 Å². The van der Waals surface area contributed by atoms with Crippen LogP contribution >= 0.6 is 11.3 Å². The number of nitrogens with zero attached hydrogens (tertiary/aromatic N) is 1. The number of H-pyrrole nitrogens is 1. The summed E-state index contributed by atoms with van der Waals surface area (Å²) in [6.45, 7) is 2.67. The average Bonchev–Trinajstić information content (AvgIpc) is 2.89. The Balaban J connectivity index is 2.17. The van der Waals surface area contributed by atoms with Gasteiger partial charge < -0.3 is 10.3 Å². The molecule has 3 N–H and O–H groups in total. The maximum absolute atomic E-state index is 12.3. The van der Waals surface area contributed by atoms with Crippen molar-refractivity contribution in [2.24, 2.45) is 0 Å². The van der Waals surface area contributed by atoms with Gasteiger partial charge in [0.25, 0.3) is 10.0 Å². The zero-order valence-electron chi connectivity index (χ0n) is 11.4. The normalized spacial score (nSPS) is 11.5. The average molecular weight is 328 g/mol. The number of pyridine rings is 1. The lowest BCUT2D eigenvalue weighted by Crippen LogP contribution is -2.25. The van der Waals surface area contributed by atoms with Crippen LogP contribution in [0.4, 0.5) is 5.69 Å². The lowest BCUT2D eigenvalue weighted by atomic mass is 10.4. The van der Waals surface area contributed by atoms with Gasteiger partial charge in [0.05, 0.1) is 12.2 Å². The summed E-state index contributed by atoms with van der Waals surface area (Å²) in [7, 11) is -3.75. The third-order valence-corrected chi connectivity index (χ3v) is 4.69. The molecule has 0 aliphatic heterocycles. The molecule has 21 heavy (non-hydrogen) atoms. The maximum Gasteiger partial charge on any atom is 0.304 e. The zero-order valence-corrected chi connectivity index (χ0v) is 13.1. The third-order valence-electron chi connectivity index (χ3n) is 2.61. The van der Waals surface area contributed by atoms with Crippen LogP contribution in [0.25, 0.3) is 0 Å². The van der Waals surface area contributed by atoms with E-state index in [9.17, 15) is 13.2 Å². The minimum atomic E-state index is -3.75. The number of nitrogens with one attached hydrogen (secondary N) is 3. The molecule has 2 aromatic heterocycles. The number of aromatic amines is 1. The molecule has 0 spiro atoms. The van der Waals surface area contributed by atoms with Gasteiger partial charge in [-0.3, -0.25) is 4.79 Å². The minimum Gasteiger partial charge on any atom is -0.383 e. The molecule has 0 unspecified atom stereocenters. The van der Waals surface area contributed by atoms with Gasteiger partial charge in [0.1, 0.15) is 0 Å². The molecule has 0 aromatic carbocycles. The first kappa shape index (κ1) is 15.7. The maximum atomic E-state index is 12.3. The van der Waals surface area contributed by atoms with E-state index < -0.39 is 10.0 Å². The molecule has 0 bridgehead atoms. The highest BCUT2D eigenvalue weighted by Crippen LogP contribution is 2.18. The van der Waals surface area contributed by atoms with Crippen LogP contribution in [0.3, 0.4) is 0 Å². The summed E-state index contributed by atoms with van der Waals surface area (Å²) in [6.07, 6.45) is 2.30. The van der Waals surface area contributed by atoms with Gasteiger partial charge in [-0.2, -0.15) is 0 Å². The van der Waals surface area contributed by atoms with Crippen molar-refractivity contribution in [1.29, 1.82) is 0 Å². The first-order valence-corrected chi connectivity index (χ1v) is 8.74. The van der Waals surface area contributed by atoms with Crippen LogP contribution in [-0.4, -0.2) is 24.9 Å². The smallest absolute Gasteiger partial charge is 0.304 e. The SMILES string of the molecule is CCCNc1cccnc1S(=O)(=O)NCc1csc(=O)[nH]1. The molecular weight excluding hydrogens is 312 g/mol. The molecular formula is C12H16N4O3S2. The van der Waals surface area contributed by atoms with Gasteiger partial charge in [-0.25, -0.2) is 18.1 Å². The summed E-state index contributed by atoms with van der Waals surface area (Å²) in [5.41, 5.74) is 0.984. The van der Waals surface area contributed by atoms with Gasteiger partial charge in [-0.05, 0) is 18.6 Å². The quantitative estimate of drug-likeness (QED) is 0.707. The first-order valence-electron chi connectivity index (χ1n) is 6.38. The molecule has 114 valence electrons. The standard InChI is InChI=1S/C12H16N4O3S2/c1-2-5-13-10-4-3-6-14-11(10)21(18,19)15-7-9-8-20-12(17)16-9/h3-4,6,8,13,15H,2,5,7H2,1H3,(H,16,17). The number of sulfonamides is 1. The Bertz CT molecular complexity index is 752. The van der Waals surface area contributed by atoms with E-state index in [-0.39, 0.29) is 16.4 Å². The van der Waals surface area contributed by atoms with E-state index in [4.69, 9.17) is 0 Å². The van der Waals surface area contributed by atoms with E-state index in [0.29, 0.717) is 17.9 Å². The highest BCUT2D eigenvalue weighted by Gasteiger charge is 2.19. The Hall–Kier alpha value is -1.71. The monoisotopic (exact) mass is 328 g/mol. The Morgan fingerprint density at radius 2 is 2.24 bits per heavy atom. The van der Waals surface area contributed by atoms with Gasteiger partial charge in [0, 0.05) is 23.8 Å². The van der Waals surface area contributed by atoms with Crippen LogP contribution in [0, 0.1) is 0 Å². The summed E-state index contributed by atoms with van der Waals surface area (Å²) in [6, 6.07) is 3.34. The Kier molecular flexibility index (Phi) is 5.10. The van der Waals surface area contributed by atoms with Crippen molar-refractivity contribution in [2.75, 3.05) is 11.9 Å². The summed E-state index contributed by atoms with van der Waals surface area (Å²) >= 11 is 0.991. The van der Waals surface area contributed by atoms with E-state index >= 15 is 0 Å². The second-order valence-corrected chi connectivity index (χ2v) is 6.81. The zero-order chi connectivity index (χ0) is 15.3. The molecule has 0 aliphatic carbocycles. The van der Waals surface area contributed by atoms with Crippen LogP contribution in [0.1, 0.15) is 19.0 Å². The van der Waals surface area contributed by atoms with Crippen molar-refractivity contribution in [3.8, 4) is 0 Å².